The van der Waals surface area contributed by atoms with E-state index in [1.54, 1.807) is 36.9 Å². The molecule has 0 aliphatic heterocycles. The van der Waals surface area contributed by atoms with Crippen molar-refractivity contribution >= 4 is 11.6 Å². The van der Waals surface area contributed by atoms with Crippen molar-refractivity contribution in [2.45, 2.75) is 45.1 Å². The first-order valence-corrected chi connectivity index (χ1v) is 11.6. The van der Waals surface area contributed by atoms with Gasteiger partial charge in [-0.3, -0.25) is 4.79 Å². The Morgan fingerprint density at radius 1 is 1.18 bits per heavy atom. The van der Waals surface area contributed by atoms with Crippen molar-refractivity contribution in [2.75, 3.05) is 5.32 Å². The lowest BCUT2D eigenvalue weighted by atomic mass is 10.1. The van der Waals surface area contributed by atoms with Crippen LogP contribution in [0.2, 0.25) is 0 Å². The van der Waals surface area contributed by atoms with Crippen LogP contribution in [0.3, 0.4) is 0 Å². The molecule has 1 N–H and O–H groups in total. The van der Waals surface area contributed by atoms with Gasteiger partial charge in [0, 0.05) is 18.7 Å². The predicted octanol–water partition coefficient (Wildman–Crippen LogP) is 4.51. The van der Waals surface area contributed by atoms with Gasteiger partial charge in [-0.2, -0.15) is 0 Å². The second-order valence-electron chi connectivity index (χ2n) is 9.21. The minimum absolute atomic E-state index is 0.0939. The zero-order valence-corrected chi connectivity index (χ0v) is 18.8. The highest BCUT2D eigenvalue weighted by Gasteiger charge is 2.26. The van der Waals surface area contributed by atoms with E-state index < -0.39 is 11.7 Å². The van der Waals surface area contributed by atoms with Crippen LogP contribution >= 0.6 is 0 Å². The molecular formula is C25H24FN7O. The highest BCUT2D eigenvalue weighted by Crippen LogP contribution is 2.39. The summed E-state index contributed by atoms with van der Waals surface area (Å²) in [6.07, 6.45) is 10.1. The molecule has 0 bridgehead atoms. The number of amides is 1. The average Bonchev–Trinajstić information content (AvgIpc) is 3.75. The second-order valence-corrected chi connectivity index (χ2v) is 9.21. The summed E-state index contributed by atoms with van der Waals surface area (Å²) in [7, 11) is 0. The van der Waals surface area contributed by atoms with Crippen molar-refractivity contribution in [1.82, 2.24) is 29.3 Å². The molecule has 9 heteroatoms. The molecule has 8 nitrogen and oxygen atoms in total. The van der Waals surface area contributed by atoms with Crippen molar-refractivity contribution in [1.29, 1.82) is 0 Å². The normalized spacial score (nSPS) is 15.5. The van der Waals surface area contributed by atoms with E-state index in [1.165, 1.54) is 18.9 Å². The van der Waals surface area contributed by atoms with Crippen LogP contribution in [0.5, 0.6) is 0 Å². The number of hydrogen-bond donors (Lipinski definition) is 1. The molecule has 2 saturated carbocycles. The van der Waals surface area contributed by atoms with Crippen molar-refractivity contribution in [3.8, 4) is 17.2 Å². The molecule has 2 aliphatic carbocycles. The molecule has 0 spiro atoms. The van der Waals surface area contributed by atoms with E-state index in [4.69, 9.17) is 0 Å². The van der Waals surface area contributed by atoms with Crippen molar-refractivity contribution in [3.05, 3.63) is 72.0 Å². The van der Waals surface area contributed by atoms with E-state index in [0.717, 1.165) is 36.3 Å². The Labute approximate surface area is 195 Å². The van der Waals surface area contributed by atoms with Crippen LogP contribution < -0.4 is 5.32 Å². The number of rotatable bonds is 7. The fourth-order valence-electron chi connectivity index (χ4n) is 4.13. The molecule has 34 heavy (non-hydrogen) atoms. The molecule has 1 aromatic carbocycles. The smallest absolute Gasteiger partial charge is 0.274 e. The van der Waals surface area contributed by atoms with Crippen molar-refractivity contribution < 1.29 is 9.18 Å². The summed E-state index contributed by atoms with van der Waals surface area (Å²) in [6.45, 7) is 2.68. The maximum absolute atomic E-state index is 14.8. The zero-order valence-electron chi connectivity index (χ0n) is 18.8. The molecular weight excluding hydrogens is 433 g/mol. The Balaban J connectivity index is 1.25. The van der Waals surface area contributed by atoms with Crippen LogP contribution in [0.4, 0.5) is 10.1 Å². The van der Waals surface area contributed by atoms with Gasteiger partial charge in [0.05, 0.1) is 23.4 Å². The summed E-state index contributed by atoms with van der Waals surface area (Å²) >= 11 is 0. The summed E-state index contributed by atoms with van der Waals surface area (Å²) in [5.74, 6) is 0.799. The maximum atomic E-state index is 14.8. The standard InChI is InChI=1S/C25H24FN7O/c1-15-9-18(26)21(10-23(15)32-12-22(27-13-32)17-7-8-17)30-25(34)20-4-2-3-19(29-20)24-31-28-14-33(24)11-16-5-6-16/h2-4,9-10,12-14,16-17H,5-8,11H2,1H3,(H,30,34). The number of halogens is 1. The number of nitrogens with one attached hydrogen (secondary N) is 1. The minimum atomic E-state index is -0.502. The lowest BCUT2D eigenvalue weighted by Crippen LogP contribution is -2.16. The van der Waals surface area contributed by atoms with Gasteiger partial charge in [0.2, 0.25) is 0 Å². The lowest BCUT2D eigenvalue weighted by Gasteiger charge is -2.12. The van der Waals surface area contributed by atoms with E-state index in [1.807, 2.05) is 22.3 Å². The van der Waals surface area contributed by atoms with E-state index in [-0.39, 0.29) is 11.4 Å². The highest BCUT2D eigenvalue weighted by molar-refractivity contribution is 6.03. The van der Waals surface area contributed by atoms with Gasteiger partial charge in [0.15, 0.2) is 5.82 Å². The number of aromatic nitrogens is 6. The minimum Gasteiger partial charge on any atom is -0.318 e. The maximum Gasteiger partial charge on any atom is 0.274 e. The monoisotopic (exact) mass is 457 g/mol. The largest absolute Gasteiger partial charge is 0.318 e. The van der Waals surface area contributed by atoms with Gasteiger partial charge in [0.1, 0.15) is 23.5 Å². The van der Waals surface area contributed by atoms with Gasteiger partial charge in [0.25, 0.3) is 5.91 Å². The van der Waals surface area contributed by atoms with E-state index in [0.29, 0.717) is 23.4 Å². The number of pyridine rings is 1. The number of hydrogen-bond acceptors (Lipinski definition) is 5. The highest BCUT2D eigenvalue weighted by atomic mass is 19.1. The Bertz CT molecular complexity index is 1380. The van der Waals surface area contributed by atoms with Gasteiger partial charge in [-0.15, -0.1) is 10.2 Å². The zero-order chi connectivity index (χ0) is 23.2. The number of carbonyl (C=O) groups excluding carboxylic acids is 1. The first kappa shape index (κ1) is 20.7. The molecule has 172 valence electrons. The molecule has 1 amide bonds. The van der Waals surface area contributed by atoms with Crippen LogP contribution in [0.15, 0.2) is 49.2 Å². The summed E-state index contributed by atoms with van der Waals surface area (Å²) in [5, 5.41) is 10.9. The van der Waals surface area contributed by atoms with Gasteiger partial charge in [-0.1, -0.05) is 6.07 Å². The van der Waals surface area contributed by atoms with Crippen LogP contribution in [0, 0.1) is 18.7 Å². The Morgan fingerprint density at radius 2 is 2.03 bits per heavy atom. The molecule has 3 heterocycles. The molecule has 2 fully saturated rings. The second kappa shape index (κ2) is 8.16. The van der Waals surface area contributed by atoms with Gasteiger partial charge in [-0.25, -0.2) is 14.4 Å². The van der Waals surface area contributed by atoms with E-state index >= 15 is 0 Å². The Hall–Kier alpha value is -3.88. The summed E-state index contributed by atoms with van der Waals surface area (Å²) in [4.78, 5) is 22.0. The average molecular weight is 458 g/mol. The summed E-state index contributed by atoms with van der Waals surface area (Å²) in [5.41, 5.74) is 3.40. The lowest BCUT2D eigenvalue weighted by molar-refractivity contribution is 0.102. The number of carbonyl (C=O) groups is 1. The molecule has 0 unspecified atom stereocenters. The number of anilines is 1. The van der Waals surface area contributed by atoms with Crippen LogP contribution in [0.1, 0.15) is 53.3 Å². The Morgan fingerprint density at radius 3 is 2.82 bits per heavy atom. The summed E-state index contributed by atoms with van der Waals surface area (Å²) < 4.78 is 18.6. The first-order valence-electron chi connectivity index (χ1n) is 11.6. The third-order valence-corrected chi connectivity index (χ3v) is 6.39. The number of aryl methyl sites for hydroxylation is 1. The van der Waals surface area contributed by atoms with E-state index in [9.17, 15) is 9.18 Å². The fraction of sp³-hybridized carbons (Fsp3) is 0.320. The third kappa shape index (κ3) is 4.09. The first-order chi connectivity index (χ1) is 16.5. The number of imidazole rings is 1. The summed E-state index contributed by atoms with van der Waals surface area (Å²) in [6, 6.07) is 8.20. The van der Waals surface area contributed by atoms with Crippen molar-refractivity contribution in [2.24, 2.45) is 5.92 Å². The van der Waals surface area contributed by atoms with E-state index in [2.05, 4.69) is 25.5 Å². The molecule has 0 atom stereocenters. The number of benzene rings is 1. The Kier molecular flexibility index (Phi) is 4.97. The number of nitrogens with zero attached hydrogens (tertiary/aromatic N) is 6. The molecule has 3 aromatic heterocycles. The molecule has 2 aliphatic rings. The fourth-order valence-corrected chi connectivity index (χ4v) is 4.13. The molecule has 0 radical (unpaired) electrons. The quantitative estimate of drug-likeness (QED) is 0.441. The molecule has 4 aromatic rings. The van der Waals surface area contributed by atoms with Gasteiger partial charge >= 0.3 is 0 Å². The van der Waals surface area contributed by atoms with Gasteiger partial charge in [-0.05, 0) is 68.4 Å². The SMILES string of the molecule is Cc1cc(F)c(NC(=O)c2cccc(-c3nncn3CC3CC3)n2)cc1-n1cnc(C2CC2)c1. The van der Waals surface area contributed by atoms with Crippen molar-refractivity contribution in [3.63, 3.8) is 0 Å². The molecule has 6 rings (SSSR count). The van der Waals surface area contributed by atoms with Crippen LogP contribution in [-0.4, -0.2) is 35.2 Å². The molecule has 0 saturated heterocycles. The van der Waals surface area contributed by atoms with Crippen LogP contribution in [-0.2, 0) is 6.54 Å². The van der Waals surface area contributed by atoms with Gasteiger partial charge < -0.3 is 14.5 Å². The predicted molar refractivity (Wildman–Crippen MR) is 124 cm³/mol. The van der Waals surface area contributed by atoms with Crippen LogP contribution in [0.25, 0.3) is 17.2 Å². The third-order valence-electron chi connectivity index (χ3n) is 6.39. The topological polar surface area (TPSA) is 90.5 Å².